The molecule has 0 bridgehead atoms. The molecule has 0 saturated carbocycles. The minimum Gasteiger partial charge on any atom is -0.489 e. The molecule has 19 heavy (non-hydrogen) atoms. The quantitative estimate of drug-likeness (QED) is 0.815. The highest BCUT2D eigenvalue weighted by atomic mass is 79.9. The van der Waals surface area contributed by atoms with Gasteiger partial charge in [0.15, 0.2) is 0 Å². The second kappa shape index (κ2) is 6.55. The van der Waals surface area contributed by atoms with E-state index in [1.807, 2.05) is 42.5 Å². The molecule has 0 fully saturated rings. The van der Waals surface area contributed by atoms with Crippen LogP contribution >= 0.6 is 31.9 Å². The molecule has 0 heterocycles. The maximum Gasteiger partial charge on any atom is 0.125 e. The summed E-state index contributed by atoms with van der Waals surface area (Å²) < 4.78 is 7.76. The first-order valence-electron chi connectivity index (χ1n) is 5.91. The van der Waals surface area contributed by atoms with E-state index in [0.717, 1.165) is 20.1 Å². The molecule has 100 valence electrons. The van der Waals surface area contributed by atoms with Crippen molar-refractivity contribution in [2.24, 2.45) is 0 Å². The third-order valence-corrected chi connectivity index (χ3v) is 3.75. The van der Waals surface area contributed by atoms with Gasteiger partial charge in [-0.05, 0) is 42.8 Å². The molecule has 1 atom stereocenters. The van der Waals surface area contributed by atoms with Gasteiger partial charge >= 0.3 is 0 Å². The third-order valence-electron chi connectivity index (χ3n) is 2.73. The van der Waals surface area contributed by atoms with E-state index in [-0.39, 0.29) is 0 Å². The van der Waals surface area contributed by atoms with E-state index >= 15 is 0 Å². The Morgan fingerprint density at radius 2 is 1.68 bits per heavy atom. The number of hydrogen-bond donors (Lipinski definition) is 1. The standard InChI is InChI=1S/C15H14Br2O2/c1-10(18)14-8-13(17)6-7-15(14)19-9-11-2-4-12(16)5-3-11/h2-8,10,18H,9H2,1H3/t10-/m1/s1. The van der Waals surface area contributed by atoms with Crippen molar-refractivity contribution in [1.82, 2.24) is 0 Å². The van der Waals surface area contributed by atoms with Crippen LogP contribution in [0.5, 0.6) is 5.75 Å². The minimum atomic E-state index is -0.558. The van der Waals surface area contributed by atoms with Crippen molar-refractivity contribution >= 4 is 31.9 Å². The molecule has 2 rings (SSSR count). The molecule has 0 aliphatic rings. The van der Waals surface area contributed by atoms with E-state index in [4.69, 9.17) is 4.74 Å². The monoisotopic (exact) mass is 384 g/mol. The SMILES string of the molecule is C[C@@H](O)c1cc(Br)ccc1OCc1ccc(Br)cc1. The summed E-state index contributed by atoms with van der Waals surface area (Å²) in [6.07, 6.45) is -0.558. The third kappa shape index (κ3) is 4.06. The molecule has 4 heteroatoms. The van der Waals surface area contributed by atoms with Crippen LogP contribution in [-0.2, 0) is 6.61 Å². The fourth-order valence-electron chi connectivity index (χ4n) is 1.72. The van der Waals surface area contributed by atoms with Crippen LogP contribution in [-0.4, -0.2) is 5.11 Å². The van der Waals surface area contributed by atoms with Gasteiger partial charge < -0.3 is 9.84 Å². The first kappa shape index (κ1) is 14.6. The second-order valence-corrected chi connectivity index (χ2v) is 6.10. The zero-order chi connectivity index (χ0) is 13.8. The summed E-state index contributed by atoms with van der Waals surface area (Å²) in [4.78, 5) is 0. The first-order chi connectivity index (χ1) is 9.06. The fraction of sp³-hybridized carbons (Fsp3) is 0.200. The molecule has 2 aromatic carbocycles. The molecule has 2 nitrogen and oxygen atoms in total. The minimum absolute atomic E-state index is 0.481. The smallest absolute Gasteiger partial charge is 0.125 e. The van der Waals surface area contributed by atoms with Crippen LogP contribution in [0.4, 0.5) is 0 Å². The predicted molar refractivity (Wildman–Crippen MR) is 83.2 cm³/mol. The molecular weight excluding hydrogens is 372 g/mol. The Bertz CT molecular complexity index is 551. The van der Waals surface area contributed by atoms with E-state index < -0.39 is 6.10 Å². The Labute approximate surface area is 129 Å². The predicted octanol–water partition coefficient (Wildman–Crippen LogP) is 4.84. The summed E-state index contributed by atoms with van der Waals surface area (Å²) >= 11 is 6.80. The van der Waals surface area contributed by atoms with Crippen molar-refractivity contribution in [3.63, 3.8) is 0 Å². The van der Waals surface area contributed by atoms with Crippen molar-refractivity contribution in [3.05, 3.63) is 62.5 Å². The summed E-state index contributed by atoms with van der Waals surface area (Å²) in [5.41, 5.74) is 1.87. The lowest BCUT2D eigenvalue weighted by Crippen LogP contribution is -2.01. The molecule has 0 radical (unpaired) electrons. The second-order valence-electron chi connectivity index (χ2n) is 4.27. The van der Waals surface area contributed by atoms with Crippen LogP contribution in [0.3, 0.4) is 0 Å². The van der Waals surface area contributed by atoms with E-state index in [1.54, 1.807) is 6.92 Å². The maximum atomic E-state index is 9.76. The van der Waals surface area contributed by atoms with Gasteiger partial charge in [-0.3, -0.25) is 0 Å². The molecule has 2 aromatic rings. The van der Waals surface area contributed by atoms with Gasteiger partial charge in [-0.1, -0.05) is 44.0 Å². The molecule has 0 spiro atoms. The lowest BCUT2D eigenvalue weighted by molar-refractivity contribution is 0.190. The van der Waals surface area contributed by atoms with Crippen LogP contribution in [0, 0.1) is 0 Å². The summed E-state index contributed by atoms with van der Waals surface area (Å²) in [6, 6.07) is 13.6. The van der Waals surface area contributed by atoms with Crippen LogP contribution in [0.2, 0.25) is 0 Å². The zero-order valence-electron chi connectivity index (χ0n) is 10.4. The normalized spacial score (nSPS) is 12.2. The fourth-order valence-corrected chi connectivity index (χ4v) is 2.36. The number of aliphatic hydroxyl groups excluding tert-OH is 1. The lowest BCUT2D eigenvalue weighted by Gasteiger charge is -2.14. The summed E-state index contributed by atoms with van der Waals surface area (Å²) in [7, 11) is 0. The molecule has 0 aromatic heterocycles. The average molecular weight is 386 g/mol. The topological polar surface area (TPSA) is 29.5 Å². The van der Waals surface area contributed by atoms with E-state index in [9.17, 15) is 5.11 Å². The Hall–Kier alpha value is -0.840. The van der Waals surface area contributed by atoms with Crippen molar-refractivity contribution in [1.29, 1.82) is 0 Å². The number of ether oxygens (including phenoxy) is 1. The highest BCUT2D eigenvalue weighted by Gasteiger charge is 2.10. The number of aliphatic hydroxyl groups is 1. The molecule has 0 saturated heterocycles. The van der Waals surface area contributed by atoms with Gasteiger partial charge in [0.25, 0.3) is 0 Å². The van der Waals surface area contributed by atoms with Gasteiger partial charge in [0, 0.05) is 14.5 Å². The van der Waals surface area contributed by atoms with Gasteiger partial charge in [-0.25, -0.2) is 0 Å². The Balaban J connectivity index is 2.13. The molecule has 0 aliphatic carbocycles. The van der Waals surface area contributed by atoms with Crippen LogP contribution in [0.25, 0.3) is 0 Å². The van der Waals surface area contributed by atoms with Gasteiger partial charge in [0.05, 0.1) is 6.10 Å². The Morgan fingerprint density at radius 1 is 1.05 bits per heavy atom. The van der Waals surface area contributed by atoms with Crippen LogP contribution in [0.1, 0.15) is 24.2 Å². The van der Waals surface area contributed by atoms with Gasteiger partial charge in [-0.2, -0.15) is 0 Å². The largest absolute Gasteiger partial charge is 0.489 e. The lowest BCUT2D eigenvalue weighted by atomic mass is 10.1. The van der Waals surface area contributed by atoms with Crippen LogP contribution in [0.15, 0.2) is 51.4 Å². The number of halogens is 2. The van der Waals surface area contributed by atoms with Crippen molar-refractivity contribution in [2.75, 3.05) is 0 Å². The van der Waals surface area contributed by atoms with E-state index in [0.29, 0.717) is 12.4 Å². The molecule has 1 N–H and O–H groups in total. The van der Waals surface area contributed by atoms with Gasteiger partial charge in [0.1, 0.15) is 12.4 Å². The van der Waals surface area contributed by atoms with Gasteiger partial charge in [-0.15, -0.1) is 0 Å². The average Bonchev–Trinajstić information content (AvgIpc) is 2.39. The zero-order valence-corrected chi connectivity index (χ0v) is 13.6. The number of rotatable bonds is 4. The highest BCUT2D eigenvalue weighted by Crippen LogP contribution is 2.29. The van der Waals surface area contributed by atoms with E-state index in [1.165, 1.54) is 0 Å². The van der Waals surface area contributed by atoms with Crippen molar-refractivity contribution in [2.45, 2.75) is 19.6 Å². The summed E-state index contributed by atoms with van der Waals surface area (Å²) in [6.45, 7) is 2.21. The van der Waals surface area contributed by atoms with Gasteiger partial charge in [0.2, 0.25) is 0 Å². The molecule has 0 amide bonds. The van der Waals surface area contributed by atoms with Crippen molar-refractivity contribution in [3.8, 4) is 5.75 Å². The number of benzene rings is 2. The van der Waals surface area contributed by atoms with Crippen LogP contribution < -0.4 is 4.74 Å². The van der Waals surface area contributed by atoms with Crippen molar-refractivity contribution < 1.29 is 9.84 Å². The number of hydrogen-bond acceptors (Lipinski definition) is 2. The first-order valence-corrected chi connectivity index (χ1v) is 7.49. The maximum absolute atomic E-state index is 9.76. The Kier molecular flexibility index (Phi) is 5.02. The summed E-state index contributed by atoms with van der Waals surface area (Å²) in [5, 5.41) is 9.76. The molecule has 0 aliphatic heterocycles. The highest BCUT2D eigenvalue weighted by molar-refractivity contribution is 9.10. The molecule has 0 unspecified atom stereocenters. The van der Waals surface area contributed by atoms with E-state index in [2.05, 4.69) is 31.9 Å². The molecular formula is C15H14Br2O2. The Morgan fingerprint density at radius 3 is 2.32 bits per heavy atom. The summed E-state index contributed by atoms with van der Waals surface area (Å²) in [5.74, 6) is 0.709.